The Hall–Kier alpha value is -9.88. The Balaban J connectivity index is 0.721. The monoisotopic (exact) mass is 1390 g/mol. The molecule has 0 aliphatic heterocycles. The van der Waals surface area contributed by atoms with Gasteiger partial charge in [-0.3, -0.25) is 0 Å². The Kier molecular flexibility index (Phi) is 22.4. The molecular weight excluding hydrogens is 1290 g/mol. The van der Waals surface area contributed by atoms with E-state index in [2.05, 4.69) is 364 Å². The normalized spacial score (nSPS) is 12.0. The maximum absolute atomic E-state index is 12.3. The van der Waals surface area contributed by atoms with Gasteiger partial charge in [-0.25, -0.2) is 0 Å². The molecule has 0 bridgehead atoms. The van der Waals surface area contributed by atoms with Crippen molar-refractivity contribution in [2.45, 2.75) is 153 Å². The number of aromatic hydroxyl groups is 3. The molecule has 11 rings (SSSR count). The minimum absolute atomic E-state index is 0.231. The van der Waals surface area contributed by atoms with Crippen LogP contribution < -0.4 is 36.4 Å². The molecule has 0 spiro atoms. The predicted octanol–water partition coefficient (Wildman–Crippen LogP) is 24.7. The lowest BCUT2D eigenvalue weighted by Gasteiger charge is -2.31. The zero-order chi connectivity index (χ0) is 72.6. The van der Waals surface area contributed by atoms with Crippen molar-refractivity contribution in [2.24, 2.45) is 0 Å². The zero-order valence-electron chi connectivity index (χ0n) is 61.8. The molecule has 0 radical (unpaired) electrons. The van der Waals surface area contributed by atoms with Gasteiger partial charge in [0, 0.05) is 113 Å². The van der Waals surface area contributed by atoms with E-state index in [1.54, 1.807) is 23.5 Å². The molecule has 12 heteroatoms. The van der Waals surface area contributed by atoms with Gasteiger partial charge in [-0.15, -0.1) is 23.5 Å². The Labute approximate surface area is 615 Å². The van der Waals surface area contributed by atoms with Gasteiger partial charge in [-0.05, 0) is 238 Å². The highest BCUT2D eigenvalue weighted by Crippen LogP contribution is 2.46. The summed E-state index contributed by atoms with van der Waals surface area (Å²) in [6.45, 7) is 31.5. The Morgan fingerprint density at radius 3 is 1.13 bits per heavy atom. The van der Waals surface area contributed by atoms with E-state index in [1.807, 2.05) is 18.2 Å². The second-order valence-electron chi connectivity index (χ2n) is 31.4. The molecule has 0 aliphatic carbocycles. The summed E-state index contributed by atoms with van der Waals surface area (Å²) in [4.78, 5) is 6.88. The molecule has 0 amide bonds. The molecule has 11 aromatic rings. The standard InChI is InChI=1S/C90H101N7O3S2/c1-86(2,3)78-50-62(51-79(84(78)99)87(4,5)6)58-96(72-26-20-16-21-27-72)74-46-42-70(43-47-74)95-71-44-48-75(49-45-71)97(73-28-22-17-23-29-73)60-102-77-54-81(89(10,11)12)85(100)82(55-77)90(13,14)56-61-30-32-67(33-31-61)94-69-38-34-64(35-39-69)91-57-63-52-76(53-80(83(63)98)88(7,8)9)101-59-92-65-36-40-68(41-37-65)93-66-24-18-15-19-25-66/h15-55,91-95,98-100H,56-60H2,1-14H3. The first-order valence-corrected chi connectivity index (χ1v) is 37.3. The number of nitrogens with zero attached hydrogens (tertiary/aromatic N) is 2. The van der Waals surface area contributed by atoms with E-state index >= 15 is 0 Å². The van der Waals surface area contributed by atoms with Gasteiger partial charge in [0.2, 0.25) is 0 Å². The molecule has 102 heavy (non-hydrogen) atoms. The highest BCUT2D eigenvalue weighted by Gasteiger charge is 2.32. The maximum atomic E-state index is 12.3. The lowest BCUT2D eigenvalue weighted by molar-refractivity contribution is 0.412. The van der Waals surface area contributed by atoms with Crippen LogP contribution in [0.1, 0.15) is 141 Å². The van der Waals surface area contributed by atoms with Gasteiger partial charge in [0.1, 0.15) is 17.2 Å². The third-order valence-corrected chi connectivity index (χ3v) is 20.4. The van der Waals surface area contributed by atoms with Crippen LogP contribution in [0.25, 0.3) is 0 Å². The first-order valence-electron chi connectivity index (χ1n) is 35.4. The van der Waals surface area contributed by atoms with Crippen LogP contribution in [0.4, 0.5) is 68.2 Å². The predicted molar refractivity (Wildman–Crippen MR) is 438 cm³/mol. The summed E-state index contributed by atoms with van der Waals surface area (Å²) in [5.41, 5.74) is 18.7. The molecule has 526 valence electrons. The van der Waals surface area contributed by atoms with Gasteiger partial charge < -0.3 is 51.7 Å². The molecular formula is C90H101N7O3S2. The second kappa shape index (κ2) is 31.2. The van der Waals surface area contributed by atoms with Crippen molar-refractivity contribution in [1.82, 2.24) is 0 Å². The molecule has 0 saturated heterocycles. The van der Waals surface area contributed by atoms with Crippen molar-refractivity contribution in [1.29, 1.82) is 0 Å². The molecule has 0 atom stereocenters. The van der Waals surface area contributed by atoms with Gasteiger partial charge in [-0.1, -0.05) is 164 Å². The lowest BCUT2D eigenvalue weighted by atomic mass is 9.75. The van der Waals surface area contributed by atoms with Crippen LogP contribution in [0.2, 0.25) is 0 Å². The van der Waals surface area contributed by atoms with Crippen LogP contribution >= 0.6 is 23.5 Å². The highest BCUT2D eigenvalue weighted by molar-refractivity contribution is 7.99. The first kappa shape index (κ1) is 73.3. The van der Waals surface area contributed by atoms with Crippen LogP contribution in [-0.4, -0.2) is 27.1 Å². The Morgan fingerprint density at radius 2 is 0.657 bits per heavy atom. The maximum Gasteiger partial charge on any atom is 0.124 e. The number of para-hydroxylation sites is 3. The summed E-state index contributed by atoms with van der Waals surface area (Å²) < 4.78 is 0. The number of rotatable bonds is 25. The van der Waals surface area contributed by atoms with Crippen molar-refractivity contribution in [3.63, 3.8) is 0 Å². The van der Waals surface area contributed by atoms with Crippen LogP contribution in [0.3, 0.4) is 0 Å². The summed E-state index contributed by atoms with van der Waals surface area (Å²) >= 11 is 3.49. The van der Waals surface area contributed by atoms with Crippen molar-refractivity contribution in [3.05, 3.63) is 293 Å². The third kappa shape index (κ3) is 18.8. The average Bonchev–Trinajstić information content (AvgIpc) is 0.780. The summed E-state index contributed by atoms with van der Waals surface area (Å²) in [5, 5.41) is 53.2. The van der Waals surface area contributed by atoms with Crippen LogP contribution in [0.15, 0.2) is 259 Å². The summed E-state index contributed by atoms with van der Waals surface area (Å²) in [5.74, 6) is 2.39. The molecule has 0 fully saturated rings. The number of nitrogens with one attached hydrogen (secondary N) is 5. The van der Waals surface area contributed by atoms with E-state index in [4.69, 9.17) is 0 Å². The fourth-order valence-corrected chi connectivity index (χ4v) is 14.7. The minimum Gasteiger partial charge on any atom is -0.507 e. The Morgan fingerprint density at radius 1 is 0.314 bits per heavy atom. The largest absolute Gasteiger partial charge is 0.507 e. The summed E-state index contributed by atoms with van der Waals surface area (Å²) in [7, 11) is 0. The van der Waals surface area contributed by atoms with Crippen molar-refractivity contribution in [3.8, 4) is 17.2 Å². The minimum atomic E-state index is -0.417. The van der Waals surface area contributed by atoms with Gasteiger partial charge >= 0.3 is 0 Å². The number of hydrogen-bond acceptors (Lipinski definition) is 12. The van der Waals surface area contributed by atoms with E-state index in [1.165, 1.54) is 5.56 Å². The summed E-state index contributed by atoms with van der Waals surface area (Å²) in [6.07, 6.45) is 0.720. The SMILES string of the molecule is CC(C)(C)c1cc(SCNc2ccc(Nc3ccccc3)cc2)cc(CNc2ccc(Nc3ccc(CC(C)(C)c4cc(SCN(c5ccccc5)c5ccc(Nc6ccc(N(Cc7cc(C(C)(C)C)c(O)c(C(C)(C)C)c7)c7ccccc7)cc6)cc5)cc(C(C)(C)C)c4O)cc3)cc2)c1O. The molecule has 0 aromatic heterocycles. The average molecular weight is 1390 g/mol. The molecule has 10 nitrogen and oxygen atoms in total. The number of phenols is 3. The topological polar surface area (TPSA) is 127 Å². The van der Waals surface area contributed by atoms with E-state index in [-0.39, 0.29) is 21.7 Å². The molecule has 0 heterocycles. The highest BCUT2D eigenvalue weighted by atomic mass is 32.2. The number of phenolic OH excluding ortho intramolecular Hbond substituents is 3. The molecule has 0 saturated carbocycles. The van der Waals surface area contributed by atoms with Gasteiger partial charge in [0.25, 0.3) is 0 Å². The quantitative estimate of drug-likeness (QED) is 0.0205. The first-order chi connectivity index (χ1) is 48.5. The van der Waals surface area contributed by atoms with Crippen LogP contribution in [0.5, 0.6) is 17.2 Å². The summed E-state index contributed by atoms with van der Waals surface area (Å²) in [6, 6.07) is 86.7. The van der Waals surface area contributed by atoms with Crippen LogP contribution in [-0.2, 0) is 46.6 Å². The van der Waals surface area contributed by atoms with Crippen molar-refractivity contribution < 1.29 is 15.3 Å². The number of thioether (sulfide) groups is 2. The van der Waals surface area contributed by atoms with E-state index in [0.29, 0.717) is 42.1 Å². The van der Waals surface area contributed by atoms with Gasteiger partial charge in [0.05, 0.1) is 11.8 Å². The van der Waals surface area contributed by atoms with E-state index < -0.39 is 5.41 Å². The van der Waals surface area contributed by atoms with Gasteiger partial charge in [-0.2, -0.15) is 0 Å². The van der Waals surface area contributed by atoms with Crippen LogP contribution in [0, 0.1) is 0 Å². The smallest absolute Gasteiger partial charge is 0.124 e. The fraction of sp³-hybridized carbons (Fsp3) is 0.267. The van der Waals surface area contributed by atoms with Crippen molar-refractivity contribution >= 4 is 91.8 Å². The lowest BCUT2D eigenvalue weighted by Crippen LogP contribution is -2.23. The molecule has 0 unspecified atom stereocenters. The number of anilines is 12. The van der Waals surface area contributed by atoms with E-state index in [0.717, 1.165) is 123 Å². The van der Waals surface area contributed by atoms with Crippen molar-refractivity contribution in [2.75, 3.05) is 48.1 Å². The third-order valence-electron chi connectivity index (χ3n) is 18.6. The zero-order valence-corrected chi connectivity index (χ0v) is 63.4. The number of hydrogen-bond donors (Lipinski definition) is 8. The van der Waals surface area contributed by atoms with Gasteiger partial charge in [0.15, 0.2) is 0 Å². The fourth-order valence-electron chi connectivity index (χ4n) is 12.9. The Bertz CT molecular complexity index is 4550. The molecule has 11 aromatic carbocycles. The second-order valence-corrected chi connectivity index (χ2v) is 33.5. The van der Waals surface area contributed by atoms with E-state index in [9.17, 15) is 15.3 Å². The molecule has 0 aliphatic rings. The molecule has 8 N–H and O–H groups in total. The number of benzene rings is 11.